The van der Waals surface area contributed by atoms with E-state index in [0.29, 0.717) is 12.1 Å². The number of aromatic nitrogens is 1. The fraction of sp³-hybridized carbons (Fsp3) is 0.533. The second kappa shape index (κ2) is 4.90. The summed E-state index contributed by atoms with van der Waals surface area (Å²) in [5.41, 5.74) is 1.16. The van der Waals surface area contributed by atoms with Crippen molar-refractivity contribution in [1.82, 2.24) is 4.98 Å². The minimum absolute atomic E-state index is 0.143. The summed E-state index contributed by atoms with van der Waals surface area (Å²) in [5, 5.41) is 4.52. The summed E-state index contributed by atoms with van der Waals surface area (Å²) in [6.45, 7) is 4.47. The number of ether oxygens (including phenoxy) is 2. The molecule has 1 heterocycles. The number of thiazole rings is 1. The molecule has 3 rings (SSSR count). The molecular formula is C15H20N2O2S. The molecule has 1 saturated carbocycles. The average molecular weight is 292 g/mol. The van der Waals surface area contributed by atoms with Crippen LogP contribution in [0.4, 0.5) is 5.13 Å². The average Bonchev–Trinajstić information content (AvgIpc) is 2.84. The van der Waals surface area contributed by atoms with Crippen molar-refractivity contribution in [2.45, 2.75) is 32.4 Å². The Balaban J connectivity index is 1.79. The third kappa shape index (κ3) is 2.15. The summed E-state index contributed by atoms with van der Waals surface area (Å²) < 4.78 is 11.9. The van der Waals surface area contributed by atoms with E-state index in [1.807, 2.05) is 18.2 Å². The summed E-state index contributed by atoms with van der Waals surface area (Å²) in [4.78, 5) is 4.64. The monoisotopic (exact) mass is 292 g/mol. The van der Waals surface area contributed by atoms with Gasteiger partial charge in [0.25, 0.3) is 0 Å². The van der Waals surface area contributed by atoms with Crippen LogP contribution >= 0.6 is 11.3 Å². The van der Waals surface area contributed by atoms with Crippen LogP contribution in [0.2, 0.25) is 0 Å². The first kappa shape index (κ1) is 13.6. The molecule has 1 N–H and O–H groups in total. The van der Waals surface area contributed by atoms with Gasteiger partial charge < -0.3 is 14.8 Å². The zero-order chi connectivity index (χ0) is 14.3. The maximum absolute atomic E-state index is 5.49. The Morgan fingerprint density at radius 3 is 2.80 bits per heavy atom. The van der Waals surface area contributed by atoms with Crippen LogP contribution in [-0.2, 0) is 4.74 Å². The predicted octanol–water partition coefficient (Wildman–Crippen LogP) is 3.53. The molecule has 20 heavy (non-hydrogen) atoms. The topological polar surface area (TPSA) is 43.4 Å². The first-order valence-corrected chi connectivity index (χ1v) is 7.60. The molecule has 108 valence electrons. The van der Waals surface area contributed by atoms with Gasteiger partial charge in [-0.2, -0.15) is 0 Å². The number of methoxy groups -OCH3 is 2. The van der Waals surface area contributed by atoms with E-state index in [-0.39, 0.29) is 5.41 Å². The smallest absolute Gasteiger partial charge is 0.184 e. The lowest BCUT2D eigenvalue weighted by Gasteiger charge is -2.51. The highest BCUT2D eigenvalue weighted by atomic mass is 32.1. The van der Waals surface area contributed by atoms with E-state index in [4.69, 9.17) is 9.47 Å². The van der Waals surface area contributed by atoms with E-state index >= 15 is 0 Å². The van der Waals surface area contributed by atoms with Crippen LogP contribution in [-0.4, -0.2) is 31.3 Å². The molecule has 0 saturated heterocycles. The summed E-state index contributed by atoms with van der Waals surface area (Å²) in [6.07, 6.45) is 1.36. The van der Waals surface area contributed by atoms with Gasteiger partial charge in [-0.1, -0.05) is 25.2 Å². The Labute approximate surface area is 123 Å². The van der Waals surface area contributed by atoms with Crippen LogP contribution in [0.5, 0.6) is 5.75 Å². The molecule has 2 aromatic rings. The third-order valence-corrected chi connectivity index (χ3v) is 5.30. The largest absolute Gasteiger partial charge is 0.497 e. The number of nitrogens with zero attached hydrogens (tertiary/aromatic N) is 1. The fourth-order valence-corrected chi connectivity index (χ4v) is 3.72. The van der Waals surface area contributed by atoms with Gasteiger partial charge in [-0.05, 0) is 24.6 Å². The Bertz CT molecular complexity index is 623. The van der Waals surface area contributed by atoms with Crippen LogP contribution in [0.25, 0.3) is 10.2 Å². The molecule has 1 aliphatic carbocycles. The van der Waals surface area contributed by atoms with Gasteiger partial charge in [-0.15, -0.1) is 0 Å². The summed E-state index contributed by atoms with van der Waals surface area (Å²) >= 11 is 1.67. The van der Waals surface area contributed by atoms with Crippen molar-refractivity contribution >= 4 is 26.7 Å². The van der Waals surface area contributed by atoms with Gasteiger partial charge in [0, 0.05) is 18.6 Å². The van der Waals surface area contributed by atoms with E-state index < -0.39 is 0 Å². The van der Waals surface area contributed by atoms with Crippen LogP contribution in [0, 0.1) is 5.41 Å². The van der Waals surface area contributed by atoms with E-state index in [1.165, 1.54) is 0 Å². The van der Waals surface area contributed by atoms with Crippen molar-refractivity contribution < 1.29 is 9.47 Å². The van der Waals surface area contributed by atoms with Gasteiger partial charge in [0.1, 0.15) is 5.75 Å². The van der Waals surface area contributed by atoms with Gasteiger partial charge in [0.05, 0.1) is 23.4 Å². The molecule has 0 aliphatic heterocycles. The molecule has 1 aromatic carbocycles. The SMILES string of the molecule is COc1ccc2nc(NC3CC(OC)C3(C)C)sc2c1. The number of benzene rings is 1. The molecule has 1 aliphatic rings. The number of hydrogen-bond acceptors (Lipinski definition) is 5. The molecule has 0 amide bonds. The second-order valence-corrected chi connectivity index (χ2v) is 6.86. The van der Waals surface area contributed by atoms with Crippen molar-refractivity contribution in [2.75, 3.05) is 19.5 Å². The minimum Gasteiger partial charge on any atom is -0.497 e. The first-order chi connectivity index (χ1) is 9.54. The quantitative estimate of drug-likeness (QED) is 0.936. The molecule has 2 unspecified atom stereocenters. The van der Waals surface area contributed by atoms with Crippen LogP contribution < -0.4 is 10.1 Å². The van der Waals surface area contributed by atoms with E-state index in [1.54, 1.807) is 25.6 Å². The maximum atomic E-state index is 5.49. The highest BCUT2D eigenvalue weighted by Gasteiger charge is 2.48. The second-order valence-electron chi connectivity index (χ2n) is 5.83. The number of rotatable bonds is 4. The Kier molecular flexibility index (Phi) is 3.34. The van der Waals surface area contributed by atoms with Crippen molar-refractivity contribution in [3.63, 3.8) is 0 Å². The molecule has 0 radical (unpaired) electrons. The zero-order valence-electron chi connectivity index (χ0n) is 12.3. The minimum atomic E-state index is 0.143. The van der Waals surface area contributed by atoms with Crippen molar-refractivity contribution in [2.24, 2.45) is 5.41 Å². The molecule has 1 fully saturated rings. The fourth-order valence-electron chi connectivity index (χ4n) is 2.77. The summed E-state index contributed by atoms with van der Waals surface area (Å²) in [5.74, 6) is 0.871. The molecule has 5 heteroatoms. The van der Waals surface area contributed by atoms with Crippen molar-refractivity contribution in [3.8, 4) is 5.75 Å². The van der Waals surface area contributed by atoms with Crippen LogP contribution in [0.1, 0.15) is 20.3 Å². The normalized spacial score (nSPS) is 24.4. The van der Waals surface area contributed by atoms with Crippen LogP contribution in [0.3, 0.4) is 0 Å². The number of anilines is 1. The first-order valence-electron chi connectivity index (χ1n) is 6.78. The van der Waals surface area contributed by atoms with Crippen molar-refractivity contribution in [1.29, 1.82) is 0 Å². The van der Waals surface area contributed by atoms with Gasteiger partial charge in [0.2, 0.25) is 0 Å². The molecule has 0 spiro atoms. The summed E-state index contributed by atoms with van der Waals surface area (Å²) in [6, 6.07) is 6.39. The number of hydrogen-bond donors (Lipinski definition) is 1. The van der Waals surface area contributed by atoms with Gasteiger partial charge in [0.15, 0.2) is 5.13 Å². The van der Waals surface area contributed by atoms with Gasteiger partial charge in [-0.25, -0.2) is 4.98 Å². The third-order valence-electron chi connectivity index (χ3n) is 4.36. The molecule has 1 aromatic heterocycles. The molecule has 4 nitrogen and oxygen atoms in total. The lowest BCUT2D eigenvalue weighted by atomic mass is 9.64. The van der Waals surface area contributed by atoms with E-state index in [9.17, 15) is 0 Å². The molecular weight excluding hydrogens is 272 g/mol. The summed E-state index contributed by atoms with van der Waals surface area (Å²) in [7, 11) is 3.47. The predicted molar refractivity (Wildman–Crippen MR) is 82.8 cm³/mol. The van der Waals surface area contributed by atoms with Crippen LogP contribution in [0.15, 0.2) is 18.2 Å². The Morgan fingerprint density at radius 1 is 1.35 bits per heavy atom. The highest BCUT2D eigenvalue weighted by Crippen LogP contribution is 2.44. The number of nitrogens with one attached hydrogen (secondary N) is 1. The lowest BCUT2D eigenvalue weighted by molar-refractivity contribution is -0.0794. The lowest BCUT2D eigenvalue weighted by Crippen LogP contribution is -2.57. The maximum Gasteiger partial charge on any atom is 0.184 e. The Hall–Kier alpha value is -1.33. The highest BCUT2D eigenvalue weighted by molar-refractivity contribution is 7.22. The molecule has 0 bridgehead atoms. The van der Waals surface area contributed by atoms with E-state index in [0.717, 1.165) is 27.5 Å². The standard InChI is InChI=1S/C15H20N2O2S/c1-15(2)12(8-13(15)19-4)17-14-16-10-6-5-9(18-3)7-11(10)20-14/h5-7,12-13H,8H2,1-4H3,(H,16,17). The Morgan fingerprint density at radius 2 is 2.15 bits per heavy atom. The number of fused-ring (bicyclic) bond motifs is 1. The van der Waals surface area contributed by atoms with Gasteiger partial charge >= 0.3 is 0 Å². The van der Waals surface area contributed by atoms with Gasteiger partial charge in [-0.3, -0.25) is 0 Å². The molecule has 2 atom stereocenters. The zero-order valence-corrected chi connectivity index (χ0v) is 13.1. The van der Waals surface area contributed by atoms with Crippen molar-refractivity contribution in [3.05, 3.63) is 18.2 Å². The van der Waals surface area contributed by atoms with E-state index in [2.05, 4.69) is 24.1 Å².